The molecule has 0 aliphatic carbocycles. The lowest BCUT2D eigenvalue weighted by molar-refractivity contribution is -0.123. The summed E-state index contributed by atoms with van der Waals surface area (Å²) in [6.07, 6.45) is 1.80. The number of carbonyl (C=O) groups is 1. The van der Waals surface area contributed by atoms with Crippen LogP contribution in [0.1, 0.15) is 34.6 Å². The number of rotatable bonds is 3. The highest BCUT2D eigenvalue weighted by atomic mass is 16.5. The van der Waals surface area contributed by atoms with Crippen LogP contribution < -0.4 is 10.1 Å². The summed E-state index contributed by atoms with van der Waals surface area (Å²) in [5, 5.41) is 3.85. The fraction of sp³-hybridized carbons (Fsp3) is 0.412. The maximum Gasteiger partial charge on any atom is 0.229 e. The Balaban J connectivity index is 2.45. The largest absolute Gasteiger partial charge is 0.489 e. The standard InChI is InChI=1S/C17H22N2O2/c1-11(2)21-14-9-8-13(19-16(20)17(3,4)5)12-7-6-10-18-15(12)14/h6-11H,1-5H3,(H,19,20). The van der Waals surface area contributed by atoms with Crippen molar-refractivity contribution in [1.29, 1.82) is 0 Å². The van der Waals surface area contributed by atoms with E-state index < -0.39 is 5.41 Å². The highest BCUT2D eigenvalue weighted by molar-refractivity contribution is 6.04. The van der Waals surface area contributed by atoms with E-state index in [-0.39, 0.29) is 12.0 Å². The SMILES string of the molecule is CC(C)Oc1ccc(NC(=O)C(C)(C)C)c2cccnc12. The zero-order valence-corrected chi connectivity index (χ0v) is 13.2. The van der Waals surface area contributed by atoms with Crippen LogP contribution in [0.4, 0.5) is 5.69 Å². The molecule has 4 heteroatoms. The number of hydrogen-bond donors (Lipinski definition) is 1. The van der Waals surface area contributed by atoms with Gasteiger partial charge in [0.05, 0.1) is 11.8 Å². The molecule has 0 radical (unpaired) electrons. The zero-order valence-electron chi connectivity index (χ0n) is 13.2. The first-order valence-electron chi connectivity index (χ1n) is 7.15. The third-order valence-electron chi connectivity index (χ3n) is 3.02. The Hall–Kier alpha value is -2.10. The van der Waals surface area contributed by atoms with E-state index in [4.69, 9.17) is 4.74 Å². The van der Waals surface area contributed by atoms with Crippen LogP contribution in [0.2, 0.25) is 0 Å². The topological polar surface area (TPSA) is 51.2 Å². The van der Waals surface area contributed by atoms with E-state index in [1.807, 2.05) is 58.9 Å². The predicted octanol–water partition coefficient (Wildman–Crippen LogP) is 4.01. The van der Waals surface area contributed by atoms with Crippen LogP contribution in [0.25, 0.3) is 10.9 Å². The molecule has 1 amide bonds. The Morgan fingerprint density at radius 3 is 2.57 bits per heavy atom. The summed E-state index contributed by atoms with van der Waals surface area (Å²) < 4.78 is 5.78. The van der Waals surface area contributed by atoms with Gasteiger partial charge in [0, 0.05) is 17.0 Å². The number of nitrogens with zero attached hydrogens (tertiary/aromatic N) is 1. The van der Waals surface area contributed by atoms with Crippen LogP contribution in [0, 0.1) is 5.41 Å². The molecule has 4 nitrogen and oxygen atoms in total. The van der Waals surface area contributed by atoms with E-state index in [1.54, 1.807) is 6.20 Å². The number of benzene rings is 1. The summed E-state index contributed by atoms with van der Waals surface area (Å²) >= 11 is 0. The lowest BCUT2D eigenvalue weighted by Gasteiger charge is -2.19. The second kappa shape index (κ2) is 5.72. The Labute approximate surface area is 125 Å². The van der Waals surface area contributed by atoms with Crippen molar-refractivity contribution in [3.63, 3.8) is 0 Å². The number of hydrogen-bond acceptors (Lipinski definition) is 3. The maximum atomic E-state index is 12.2. The van der Waals surface area contributed by atoms with Crippen molar-refractivity contribution in [3.05, 3.63) is 30.5 Å². The molecule has 0 unspecified atom stereocenters. The number of ether oxygens (including phenoxy) is 1. The molecule has 1 N–H and O–H groups in total. The van der Waals surface area contributed by atoms with Crippen LogP contribution >= 0.6 is 0 Å². The molecule has 1 heterocycles. The third kappa shape index (κ3) is 3.51. The molecule has 2 aromatic rings. The van der Waals surface area contributed by atoms with Gasteiger partial charge in [0.25, 0.3) is 0 Å². The van der Waals surface area contributed by atoms with Gasteiger partial charge in [-0.3, -0.25) is 9.78 Å². The maximum absolute atomic E-state index is 12.2. The third-order valence-corrected chi connectivity index (χ3v) is 3.02. The summed E-state index contributed by atoms with van der Waals surface area (Å²) in [4.78, 5) is 16.6. The first-order valence-corrected chi connectivity index (χ1v) is 7.15. The molecule has 1 aromatic heterocycles. The molecule has 0 atom stereocenters. The van der Waals surface area contributed by atoms with Gasteiger partial charge in [0.2, 0.25) is 5.91 Å². The minimum Gasteiger partial charge on any atom is -0.489 e. The van der Waals surface area contributed by atoms with Gasteiger partial charge < -0.3 is 10.1 Å². The highest BCUT2D eigenvalue weighted by Crippen LogP contribution is 2.31. The monoisotopic (exact) mass is 286 g/mol. The smallest absolute Gasteiger partial charge is 0.229 e. The first-order chi connectivity index (χ1) is 9.79. The van der Waals surface area contributed by atoms with Crippen LogP contribution in [0.3, 0.4) is 0 Å². The van der Waals surface area contributed by atoms with E-state index in [2.05, 4.69) is 10.3 Å². The fourth-order valence-electron chi connectivity index (χ4n) is 1.91. The number of fused-ring (bicyclic) bond motifs is 1. The van der Waals surface area contributed by atoms with Gasteiger partial charge in [-0.25, -0.2) is 0 Å². The summed E-state index contributed by atoms with van der Waals surface area (Å²) in [7, 11) is 0. The van der Waals surface area contributed by atoms with Crippen LogP contribution in [0.15, 0.2) is 30.5 Å². The van der Waals surface area contributed by atoms with Crippen molar-refractivity contribution < 1.29 is 9.53 Å². The molecule has 2 rings (SSSR count). The van der Waals surface area contributed by atoms with Crippen molar-refractivity contribution in [2.24, 2.45) is 5.41 Å². The van der Waals surface area contributed by atoms with E-state index in [9.17, 15) is 4.79 Å². The fourth-order valence-corrected chi connectivity index (χ4v) is 1.91. The number of carbonyl (C=O) groups excluding carboxylic acids is 1. The number of amides is 1. The van der Waals surface area contributed by atoms with E-state index in [0.717, 1.165) is 22.3 Å². The van der Waals surface area contributed by atoms with Gasteiger partial charge in [-0.1, -0.05) is 20.8 Å². The van der Waals surface area contributed by atoms with E-state index >= 15 is 0 Å². The molecule has 0 bridgehead atoms. The van der Waals surface area contributed by atoms with Crippen molar-refractivity contribution in [2.45, 2.75) is 40.7 Å². The van der Waals surface area contributed by atoms with E-state index in [0.29, 0.717) is 0 Å². The molecule has 0 saturated carbocycles. The molecular weight excluding hydrogens is 264 g/mol. The molecule has 0 aliphatic rings. The quantitative estimate of drug-likeness (QED) is 0.927. The Morgan fingerprint density at radius 1 is 1.24 bits per heavy atom. The number of nitrogens with one attached hydrogen (secondary N) is 1. The van der Waals surface area contributed by atoms with E-state index in [1.165, 1.54) is 0 Å². The van der Waals surface area contributed by atoms with Crippen LogP contribution in [-0.2, 0) is 4.79 Å². The average molecular weight is 286 g/mol. The van der Waals surface area contributed by atoms with Gasteiger partial charge in [-0.2, -0.15) is 0 Å². The molecule has 0 fully saturated rings. The Kier molecular flexibility index (Phi) is 4.16. The average Bonchev–Trinajstić information content (AvgIpc) is 2.40. The summed E-state index contributed by atoms with van der Waals surface area (Å²) in [6.45, 7) is 9.62. The second-order valence-corrected chi connectivity index (χ2v) is 6.38. The molecule has 21 heavy (non-hydrogen) atoms. The lowest BCUT2D eigenvalue weighted by Crippen LogP contribution is -2.27. The zero-order chi connectivity index (χ0) is 15.6. The summed E-state index contributed by atoms with van der Waals surface area (Å²) in [5.41, 5.74) is 1.08. The summed E-state index contributed by atoms with van der Waals surface area (Å²) in [6, 6.07) is 7.51. The second-order valence-electron chi connectivity index (χ2n) is 6.38. The molecule has 0 aliphatic heterocycles. The first kappa shape index (κ1) is 15.3. The van der Waals surface area contributed by atoms with Gasteiger partial charge in [0.15, 0.2) is 0 Å². The van der Waals surface area contributed by atoms with Crippen molar-refractivity contribution in [2.75, 3.05) is 5.32 Å². The van der Waals surface area contributed by atoms with Gasteiger partial charge in [-0.15, -0.1) is 0 Å². The molecular formula is C17H22N2O2. The molecule has 0 saturated heterocycles. The van der Waals surface area contributed by atoms with Crippen molar-refractivity contribution in [3.8, 4) is 5.75 Å². The molecule has 1 aromatic carbocycles. The van der Waals surface area contributed by atoms with Crippen LogP contribution in [0.5, 0.6) is 5.75 Å². The Morgan fingerprint density at radius 2 is 1.95 bits per heavy atom. The number of pyridine rings is 1. The van der Waals surface area contributed by atoms with Crippen molar-refractivity contribution >= 4 is 22.5 Å². The molecule has 0 spiro atoms. The Bertz CT molecular complexity index is 657. The number of anilines is 1. The van der Waals surface area contributed by atoms with Crippen LogP contribution in [-0.4, -0.2) is 17.0 Å². The molecule has 112 valence electrons. The normalized spacial score (nSPS) is 11.7. The van der Waals surface area contributed by atoms with Gasteiger partial charge in [-0.05, 0) is 38.1 Å². The number of aromatic nitrogens is 1. The minimum absolute atomic E-state index is 0.0230. The minimum atomic E-state index is -0.443. The summed E-state index contributed by atoms with van der Waals surface area (Å²) in [5.74, 6) is 0.708. The van der Waals surface area contributed by atoms with Crippen molar-refractivity contribution in [1.82, 2.24) is 4.98 Å². The predicted molar refractivity (Wildman–Crippen MR) is 85.6 cm³/mol. The van der Waals surface area contributed by atoms with Gasteiger partial charge in [0.1, 0.15) is 11.3 Å². The highest BCUT2D eigenvalue weighted by Gasteiger charge is 2.22. The lowest BCUT2D eigenvalue weighted by atomic mass is 9.95. The van der Waals surface area contributed by atoms with Gasteiger partial charge >= 0.3 is 0 Å².